The van der Waals surface area contributed by atoms with Crippen molar-refractivity contribution in [3.8, 4) is 0 Å². The molecular weight excluding hydrogens is 232 g/mol. The van der Waals surface area contributed by atoms with Crippen LogP contribution in [0.15, 0.2) is 17.5 Å². The molecule has 0 bridgehead atoms. The Labute approximate surface area is 107 Å². The lowest BCUT2D eigenvalue weighted by Crippen LogP contribution is -2.42. The van der Waals surface area contributed by atoms with Crippen molar-refractivity contribution in [3.05, 3.63) is 22.4 Å². The second-order valence-electron chi connectivity index (χ2n) is 4.82. The summed E-state index contributed by atoms with van der Waals surface area (Å²) >= 11 is 1.69. The van der Waals surface area contributed by atoms with E-state index in [-0.39, 0.29) is 17.9 Å². The predicted molar refractivity (Wildman–Crippen MR) is 71.1 cm³/mol. The summed E-state index contributed by atoms with van der Waals surface area (Å²) in [5.41, 5.74) is 0. The minimum atomic E-state index is 0.132. The van der Waals surface area contributed by atoms with Crippen LogP contribution < -0.4 is 10.6 Å². The molecule has 1 amide bonds. The number of carbonyl (C=O) groups is 1. The first-order valence-electron chi connectivity index (χ1n) is 6.24. The standard InChI is InChI=1S/C13H20N2OS/c1-9-8-11(5-6-14-9)13(16)15-10(2)12-4-3-7-17-12/h3-4,7,9-11,14H,5-6,8H2,1-2H3,(H,15,16)/t9-,10?,11-/m0/s1. The molecule has 2 heterocycles. The van der Waals surface area contributed by atoms with E-state index in [2.05, 4.69) is 23.6 Å². The topological polar surface area (TPSA) is 41.1 Å². The van der Waals surface area contributed by atoms with Crippen LogP contribution in [0.2, 0.25) is 0 Å². The van der Waals surface area contributed by atoms with Gasteiger partial charge in [-0.1, -0.05) is 6.07 Å². The van der Waals surface area contributed by atoms with E-state index in [4.69, 9.17) is 0 Å². The van der Waals surface area contributed by atoms with Crippen LogP contribution in [0, 0.1) is 5.92 Å². The first kappa shape index (κ1) is 12.6. The van der Waals surface area contributed by atoms with Crippen molar-refractivity contribution in [1.29, 1.82) is 0 Å². The highest BCUT2D eigenvalue weighted by Crippen LogP contribution is 2.21. The number of hydrogen-bond acceptors (Lipinski definition) is 3. The highest BCUT2D eigenvalue weighted by Gasteiger charge is 2.25. The summed E-state index contributed by atoms with van der Waals surface area (Å²) in [7, 11) is 0. The first-order chi connectivity index (χ1) is 8.16. The minimum absolute atomic E-state index is 0.132. The molecule has 0 aliphatic carbocycles. The van der Waals surface area contributed by atoms with E-state index in [0.717, 1.165) is 19.4 Å². The quantitative estimate of drug-likeness (QED) is 0.867. The second kappa shape index (κ2) is 5.65. The van der Waals surface area contributed by atoms with Gasteiger partial charge < -0.3 is 10.6 Å². The lowest BCUT2D eigenvalue weighted by Gasteiger charge is -2.28. The van der Waals surface area contributed by atoms with Crippen LogP contribution in [0.1, 0.15) is 37.6 Å². The Kier molecular flexibility index (Phi) is 4.18. The summed E-state index contributed by atoms with van der Waals surface area (Å²) in [6.45, 7) is 5.14. The third-order valence-electron chi connectivity index (χ3n) is 3.32. The van der Waals surface area contributed by atoms with Gasteiger partial charge >= 0.3 is 0 Å². The molecule has 17 heavy (non-hydrogen) atoms. The van der Waals surface area contributed by atoms with Gasteiger partial charge in [0, 0.05) is 16.8 Å². The Balaban J connectivity index is 1.88. The maximum Gasteiger partial charge on any atom is 0.223 e. The van der Waals surface area contributed by atoms with Crippen LogP contribution in [0.4, 0.5) is 0 Å². The van der Waals surface area contributed by atoms with Crippen molar-refractivity contribution in [2.45, 2.75) is 38.8 Å². The van der Waals surface area contributed by atoms with Gasteiger partial charge in [0.25, 0.3) is 0 Å². The molecule has 0 spiro atoms. The fraction of sp³-hybridized carbons (Fsp3) is 0.615. The van der Waals surface area contributed by atoms with Gasteiger partial charge in [-0.15, -0.1) is 11.3 Å². The molecule has 1 fully saturated rings. The normalized spacial score (nSPS) is 26.5. The van der Waals surface area contributed by atoms with E-state index in [1.807, 2.05) is 18.4 Å². The maximum absolute atomic E-state index is 12.1. The summed E-state index contributed by atoms with van der Waals surface area (Å²) in [4.78, 5) is 13.3. The lowest BCUT2D eigenvalue weighted by molar-refractivity contribution is -0.126. The fourth-order valence-electron chi connectivity index (χ4n) is 2.31. The van der Waals surface area contributed by atoms with Crippen molar-refractivity contribution >= 4 is 17.2 Å². The Morgan fingerprint density at radius 1 is 1.65 bits per heavy atom. The first-order valence-corrected chi connectivity index (χ1v) is 7.12. The van der Waals surface area contributed by atoms with E-state index in [0.29, 0.717) is 6.04 Å². The summed E-state index contributed by atoms with van der Waals surface area (Å²) in [5.74, 6) is 0.382. The van der Waals surface area contributed by atoms with Gasteiger partial charge in [0.2, 0.25) is 5.91 Å². The SMILES string of the molecule is CC(NC(=O)[C@H]1CCN[C@@H](C)C1)c1cccs1. The van der Waals surface area contributed by atoms with E-state index < -0.39 is 0 Å². The number of amides is 1. The van der Waals surface area contributed by atoms with Crippen molar-refractivity contribution in [2.75, 3.05) is 6.54 Å². The minimum Gasteiger partial charge on any atom is -0.349 e. The Bertz CT molecular complexity index is 364. The number of rotatable bonds is 3. The smallest absolute Gasteiger partial charge is 0.223 e. The molecule has 94 valence electrons. The van der Waals surface area contributed by atoms with Gasteiger partial charge in [0.15, 0.2) is 0 Å². The van der Waals surface area contributed by atoms with Crippen LogP contribution in [0.25, 0.3) is 0 Å². The molecule has 1 aromatic rings. The number of nitrogens with one attached hydrogen (secondary N) is 2. The number of hydrogen-bond donors (Lipinski definition) is 2. The molecule has 0 aromatic carbocycles. The van der Waals surface area contributed by atoms with Gasteiger partial charge in [0.1, 0.15) is 0 Å². The number of thiophene rings is 1. The molecule has 2 N–H and O–H groups in total. The molecule has 3 nitrogen and oxygen atoms in total. The molecule has 0 radical (unpaired) electrons. The van der Waals surface area contributed by atoms with Crippen molar-refractivity contribution < 1.29 is 4.79 Å². The molecule has 1 aromatic heterocycles. The molecule has 1 saturated heterocycles. The Hall–Kier alpha value is -0.870. The van der Waals surface area contributed by atoms with E-state index in [1.54, 1.807) is 11.3 Å². The summed E-state index contributed by atoms with van der Waals surface area (Å²) in [6, 6.07) is 4.68. The molecule has 4 heteroatoms. The van der Waals surface area contributed by atoms with Crippen LogP contribution in [-0.2, 0) is 4.79 Å². The van der Waals surface area contributed by atoms with E-state index in [9.17, 15) is 4.79 Å². The largest absolute Gasteiger partial charge is 0.349 e. The van der Waals surface area contributed by atoms with Crippen molar-refractivity contribution in [1.82, 2.24) is 10.6 Å². The van der Waals surface area contributed by atoms with Crippen LogP contribution >= 0.6 is 11.3 Å². The monoisotopic (exact) mass is 252 g/mol. The van der Waals surface area contributed by atoms with E-state index in [1.165, 1.54) is 4.88 Å². The summed E-state index contributed by atoms with van der Waals surface area (Å²) in [5, 5.41) is 8.53. The lowest BCUT2D eigenvalue weighted by atomic mass is 9.92. The van der Waals surface area contributed by atoms with Crippen LogP contribution in [0.3, 0.4) is 0 Å². The molecular formula is C13H20N2OS. The maximum atomic E-state index is 12.1. The molecule has 0 saturated carbocycles. The fourth-order valence-corrected chi connectivity index (χ4v) is 3.04. The van der Waals surface area contributed by atoms with Gasteiger partial charge in [0.05, 0.1) is 6.04 Å². The predicted octanol–water partition coefficient (Wildman–Crippen LogP) is 2.31. The van der Waals surface area contributed by atoms with Crippen molar-refractivity contribution in [2.24, 2.45) is 5.92 Å². The highest BCUT2D eigenvalue weighted by atomic mass is 32.1. The number of piperidine rings is 1. The average Bonchev–Trinajstić information content (AvgIpc) is 2.82. The third kappa shape index (κ3) is 3.30. The Morgan fingerprint density at radius 2 is 2.47 bits per heavy atom. The van der Waals surface area contributed by atoms with Gasteiger partial charge in [-0.05, 0) is 44.7 Å². The highest BCUT2D eigenvalue weighted by molar-refractivity contribution is 7.10. The molecule has 1 aliphatic heterocycles. The summed E-state index contributed by atoms with van der Waals surface area (Å²) in [6.07, 6.45) is 1.90. The van der Waals surface area contributed by atoms with E-state index >= 15 is 0 Å². The molecule has 2 rings (SSSR count). The third-order valence-corrected chi connectivity index (χ3v) is 4.38. The molecule has 3 atom stereocenters. The summed E-state index contributed by atoms with van der Waals surface area (Å²) < 4.78 is 0. The average molecular weight is 252 g/mol. The Morgan fingerprint density at radius 3 is 3.12 bits per heavy atom. The number of carbonyl (C=O) groups excluding carboxylic acids is 1. The molecule has 1 aliphatic rings. The molecule has 1 unspecified atom stereocenters. The zero-order valence-corrected chi connectivity index (χ0v) is 11.2. The van der Waals surface area contributed by atoms with Gasteiger partial charge in [-0.2, -0.15) is 0 Å². The van der Waals surface area contributed by atoms with Crippen LogP contribution in [0.5, 0.6) is 0 Å². The van der Waals surface area contributed by atoms with Crippen LogP contribution in [-0.4, -0.2) is 18.5 Å². The zero-order chi connectivity index (χ0) is 12.3. The van der Waals surface area contributed by atoms with Gasteiger partial charge in [-0.25, -0.2) is 0 Å². The zero-order valence-electron chi connectivity index (χ0n) is 10.4. The van der Waals surface area contributed by atoms with Crippen molar-refractivity contribution in [3.63, 3.8) is 0 Å². The van der Waals surface area contributed by atoms with Gasteiger partial charge in [-0.3, -0.25) is 4.79 Å². The second-order valence-corrected chi connectivity index (χ2v) is 5.80.